The average molecular weight is 359 g/mol. The summed E-state index contributed by atoms with van der Waals surface area (Å²) < 4.78 is 28.7. The number of carbonyl (C=O) groups excluding carboxylic acids is 1. The van der Waals surface area contributed by atoms with Crippen molar-refractivity contribution in [1.29, 1.82) is 0 Å². The van der Waals surface area contributed by atoms with Gasteiger partial charge in [-0.2, -0.15) is 5.10 Å². The van der Waals surface area contributed by atoms with Crippen molar-refractivity contribution in [2.45, 2.75) is 25.3 Å². The highest BCUT2D eigenvalue weighted by atomic mass is 19.1. The highest BCUT2D eigenvalue weighted by Crippen LogP contribution is 2.31. The van der Waals surface area contributed by atoms with Crippen molar-refractivity contribution in [1.82, 2.24) is 25.1 Å². The average Bonchev–Trinajstić information content (AvgIpc) is 3.22. The third-order valence-electron chi connectivity index (χ3n) is 4.47. The summed E-state index contributed by atoms with van der Waals surface area (Å²) in [7, 11) is 0. The van der Waals surface area contributed by atoms with Gasteiger partial charge >= 0.3 is 5.69 Å². The summed E-state index contributed by atoms with van der Waals surface area (Å²) in [5, 5.41) is 7.09. The second kappa shape index (κ2) is 6.25. The van der Waals surface area contributed by atoms with Gasteiger partial charge < -0.3 is 15.3 Å². The van der Waals surface area contributed by atoms with E-state index in [0.717, 1.165) is 23.7 Å². The largest absolute Gasteiger partial charge is 0.344 e. The summed E-state index contributed by atoms with van der Waals surface area (Å²) in [5.41, 5.74) is 1.40. The van der Waals surface area contributed by atoms with E-state index in [-0.39, 0.29) is 17.4 Å². The molecule has 26 heavy (non-hydrogen) atoms. The van der Waals surface area contributed by atoms with Crippen LogP contribution in [0.3, 0.4) is 0 Å². The second-order valence-electron chi connectivity index (χ2n) is 6.13. The maximum Gasteiger partial charge on any atom is 0.323 e. The minimum absolute atomic E-state index is 0.138. The number of benzene rings is 1. The summed E-state index contributed by atoms with van der Waals surface area (Å²) in [4.78, 5) is 28.2. The molecule has 1 aliphatic rings. The number of nitrogens with one attached hydrogen (secondary N) is 3. The maximum absolute atomic E-state index is 14.1. The first kappa shape index (κ1) is 16.2. The van der Waals surface area contributed by atoms with Crippen LogP contribution in [-0.4, -0.2) is 25.7 Å². The van der Waals surface area contributed by atoms with E-state index in [0.29, 0.717) is 12.8 Å². The molecular formula is C17H15F2N5O2. The lowest BCUT2D eigenvalue weighted by Gasteiger charge is -2.24. The van der Waals surface area contributed by atoms with Gasteiger partial charge in [-0.1, -0.05) is 0 Å². The lowest BCUT2D eigenvalue weighted by molar-refractivity contribution is 0.0928. The van der Waals surface area contributed by atoms with Gasteiger partial charge in [0.15, 0.2) is 5.82 Å². The predicted octanol–water partition coefficient (Wildman–Crippen LogP) is 1.97. The third kappa shape index (κ3) is 2.81. The van der Waals surface area contributed by atoms with Crippen molar-refractivity contribution in [3.05, 3.63) is 69.7 Å². The van der Waals surface area contributed by atoms with Crippen LogP contribution in [0.1, 0.15) is 40.6 Å². The molecule has 0 bridgehead atoms. The zero-order chi connectivity index (χ0) is 18.3. The van der Waals surface area contributed by atoms with Crippen molar-refractivity contribution in [3.63, 3.8) is 0 Å². The quantitative estimate of drug-likeness (QED) is 0.667. The van der Waals surface area contributed by atoms with Crippen LogP contribution in [-0.2, 0) is 6.42 Å². The number of aromatic amines is 2. The molecule has 0 radical (unpaired) electrons. The van der Waals surface area contributed by atoms with E-state index in [4.69, 9.17) is 0 Å². The fourth-order valence-corrected chi connectivity index (χ4v) is 3.26. The van der Waals surface area contributed by atoms with Crippen molar-refractivity contribution >= 4 is 5.91 Å². The zero-order valence-electron chi connectivity index (χ0n) is 13.6. The fraction of sp³-hybridized carbons (Fsp3) is 0.235. The molecule has 0 saturated heterocycles. The van der Waals surface area contributed by atoms with Gasteiger partial charge in [0.2, 0.25) is 0 Å². The van der Waals surface area contributed by atoms with Gasteiger partial charge in [-0.3, -0.25) is 4.79 Å². The molecule has 0 spiro atoms. The van der Waals surface area contributed by atoms with E-state index in [2.05, 4.69) is 20.4 Å². The van der Waals surface area contributed by atoms with Gasteiger partial charge in [-0.25, -0.2) is 18.3 Å². The third-order valence-corrected chi connectivity index (χ3v) is 4.47. The molecule has 3 aromatic rings. The topological polar surface area (TPSA) is 95.6 Å². The Morgan fingerprint density at radius 2 is 2.19 bits per heavy atom. The van der Waals surface area contributed by atoms with Crippen LogP contribution in [0.2, 0.25) is 0 Å². The number of aromatic nitrogens is 4. The first-order valence-electron chi connectivity index (χ1n) is 8.13. The smallest absolute Gasteiger partial charge is 0.323 e. The number of hydrogen-bond acceptors (Lipinski definition) is 3. The van der Waals surface area contributed by atoms with E-state index in [1.165, 1.54) is 23.0 Å². The van der Waals surface area contributed by atoms with E-state index < -0.39 is 23.2 Å². The van der Waals surface area contributed by atoms with Crippen LogP contribution in [0, 0.1) is 11.6 Å². The Balaban J connectivity index is 1.64. The Morgan fingerprint density at radius 3 is 2.92 bits per heavy atom. The number of imidazole rings is 1. The summed E-state index contributed by atoms with van der Waals surface area (Å²) in [5.74, 6) is -1.77. The molecule has 7 nitrogen and oxygen atoms in total. The molecule has 134 valence electrons. The molecule has 0 fully saturated rings. The van der Waals surface area contributed by atoms with E-state index in [1.807, 2.05) is 0 Å². The standard InChI is InChI=1S/C17H15F2N5O2/c18-9-4-5-15(11(19)6-9)24-14-3-1-2-12(10(14)7-21-24)22-16(25)13-8-20-17(26)23-13/h4-8,12H,1-3H2,(H,22,25)(H2,20,23,26)/t12-/m0/s1. The summed E-state index contributed by atoms with van der Waals surface area (Å²) in [6.45, 7) is 0. The summed E-state index contributed by atoms with van der Waals surface area (Å²) in [6, 6.07) is 3.02. The summed E-state index contributed by atoms with van der Waals surface area (Å²) >= 11 is 0. The van der Waals surface area contributed by atoms with E-state index >= 15 is 0 Å². The van der Waals surface area contributed by atoms with E-state index in [9.17, 15) is 18.4 Å². The monoisotopic (exact) mass is 359 g/mol. The van der Waals surface area contributed by atoms with Gasteiger partial charge in [-0.15, -0.1) is 0 Å². The number of carbonyl (C=O) groups is 1. The molecule has 9 heteroatoms. The van der Waals surface area contributed by atoms with Gasteiger partial charge in [-0.05, 0) is 31.4 Å². The molecule has 1 aromatic carbocycles. The summed E-state index contributed by atoms with van der Waals surface area (Å²) in [6.07, 6.45) is 5.03. The SMILES string of the molecule is O=C(N[C@H]1CCCc2c1cnn2-c1ccc(F)cc1F)c1c[nH]c(=O)[nH]1. The van der Waals surface area contributed by atoms with Gasteiger partial charge in [0.25, 0.3) is 5.91 Å². The molecule has 4 rings (SSSR count). The fourth-order valence-electron chi connectivity index (χ4n) is 3.26. The molecule has 2 aromatic heterocycles. The van der Waals surface area contributed by atoms with Gasteiger partial charge in [0, 0.05) is 23.5 Å². The molecular weight excluding hydrogens is 344 g/mol. The number of halogens is 2. The number of H-pyrrole nitrogens is 2. The van der Waals surface area contributed by atoms with Crippen molar-refractivity contribution in [2.24, 2.45) is 0 Å². The number of amides is 1. The van der Waals surface area contributed by atoms with Crippen LogP contribution in [0.15, 0.2) is 35.4 Å². The van der Waals surface area contributed by atoms with Gasteiger partial charge in [0.1, 0.15) is 17.2 Å². The molecule has 2 heterocycles. The highest BCUT2D eigenvalue weighted by Gasteiger charge is 2.27. The highest BCUT2D eigenvalue weighted by molar-refractivity contribution is 5.92. The number of hydrogen-bond donors (Lipinski definition) is 3. The van der Waals surface area contributed by atoms with Crippen LogP contribution in [0.5, 0.6) is 0 Å². The molecule has 1 atom stereocenters. The lowest BCUT2D eigenvalue weighted by atomic mass is 9.92. The normalized spacial score (nSPS) is 16.3. The zero-order valence-corrected chi connectivity index (χ0v) is 13.6. The molecule has 0 aliphatic heterocycles. The van der Waals surface area contributed by atoms with Crippen molar-refractivity contribution in [2.75, 3.05) is 0 Å². The first-order valence-corrected chi connectivity index (χ1v) is 8.13. The molecule has 1 aliphatic carbocycles. The van der Waals surface area contributed by atoms with Crippen LogP contribution >= 0.6 is 0 Å². The second-order valence-corrected chi connectivity index (χ2v) is 6.13. The lowest BCUT2D eigenvalue weighted by Crippen LogP contribution is -2.31. The molecule has 3 N–H and O–H groups in total. The van der Waals surface area contributed by atoms with Crippen LogP contribution in [0.25, 0.3) is 5.69 Å². The van der Waals surface area contributed by atoms with Crippen LogP contribution < -0.4 is 11.0 Å². The Labute approximate surface area is 146 Å². The minimum Gasteiger partial charge on any atom is -0.344 e. The molecule has 1 amide bonds. The maximum atomic E-state index is 14.1. The number of fused-ring (bicyclic) bond motifs is 1. The van der Waals surface area contributed by atoms with Crippen LogP contribution in [0.4, 0.5) is 8.78 Å². The van der Waals surface area contributed by atoms with Gasteiger partial charge in [0.05, 0.1) is 12.2 Å². The Bertz CT molecular complexity index is 1040. The van der Waals surface area contributed by atoms with Crippen molar-refractivity contribution < 1.29 is 13.6 Å². The Hall–Kier alpha value is -3.23. The Morgan fingerprint density at radius 1 is 1.35 bits per heavy atom. The molecule has 0 unspecified atom stereocenters. The molecule has 0 saturated carbocycles. The first-order chi connectivity index (χ1) is 12.5. The minimum atomic E-state index is -0.702. The number of rotatable bonds is 3. The predicted molar refractivity (Wildman–Crippen MR) is 88.0 cm³/mol. The Kier molecular flexibility index (Phi) is 3.90. The van der Waals surface area contributed by atoms with E-state index in [1.54, 1.807) is 6.20 Å². The number of nitrogens with zero attached hydrogens (tertiary/aromatic N) is 2. The van der Waals surface area contributed by atoms with Crippen molar-refractivity contribution in [3.8, 4) is 5.69 Å².